The maximum atomic E-state index is 10.8. The Balaban J connectivity index is 2.08. The summed E-state index contributed by atoms with van der Waals surface area (Å²) in [6, 6.07) is 0. The number of carbonyl (C=O) groups is 1. The van der Waals surface area contributed by atoms with Gasteiger partial charge in [-0.3, -0.25) is 9.69 Å². The Labute approximate surface area is 66.2 Å². The summed E-state index contributed by atoms with van der Waals surface area (Å²) in [4.78, 5) is 12.8. The number of carbonyl (C=O) groups excluding carboxylic acids is 1. The molecule has 0 unspecified atom stereocenters. The Kier molecular flexibility index (Phi) is 2.84. The summed E-state index contributed by atoms with van der Waals surface area (Å²) in [6.45, 7) is 2.41. The molecule has 0 spiro atoms. The second kappa shape index (κ2) is 3.69. The van der Waals surface area contributed by atoms with Crippen molar-refractivity contribution in [1.29, 1.82) is 0 Å². The summed E-state index contributed by atoms with van der Waals surface area (Å²) in [6.07, 6.45) is 0. The first kappa shape index (κ1) is 8.49. The quantitative estimate of drug-likeness (QED) is 0.534. The van der Waals surface area contributed by atoms with E-state index in [2.05, 4.69) is 5.32 Å². The third kappa shape index (κ3) is 2.17. The highest BCUT2D eigenvalue weighted by atomic mass is 16.3. The average molecular weight is 158 g/mol. The van der Waals surface area contributed by atoms with Crippen molar-refractivity contribution in [2.45, 2.75) is 0 Å². The van der Waals surface area contributed by atoms with E-state index >= 15 is 0 Å². The zero-order valence-electron chi connectivity index (χ0n) is 6.71. The highest BCUT2D eigenvalue weighted by molar-refractivity contribution is 5.77. The molecule has 1 amide bonds. The van der Waals surface area contributed by atoms with Crippen LogP contribution in [-0.4, -0.2) is 49.2 Å². The van der Waals surface area contributed by atoms with Crippen LogP contribution < -0.4 is 5.32 Å². The molecule has 11 heavy (non-hydrogen) atoms. The van der Waals surface area contributed by atoms with E-state index in [1.165, 1.54) is 0 Å². The third-order valence-electron chi connectivity index (χ3n) is 1.94. The van der Waals surface area contributed by atoms with Crippen molar-refractivity contribution in [2.24, 2.45) is 5.92 Å². The van der Waals surface area contributed by atoms with Gasteiger partial charge < -0.3 is 10.4 Å². The predicted molar refractivity (Wildman–Crippen MR) is 41.1 cm³/mol. The van der Waals surface area contributed by atoms with Crippen LogP contribution >= 0.6 is 0 Å². The van der Waals surface area contributed by atoms with E-state index in [1.807, 2.05) is 4.90 Å². The topological polar surface area (TPSA) is 52.6 Å². The van der Waals surface area contributed by atoms with E-state index in [0.29, 0.717) is 12.5 Å². The minimum absolute atomic E-state index is 0.0430. The van der Waals surface area contributed by atoms with Gasteiger partial charge in [0.1, 0.15) is 0 Å². The predicted octanol–water partition coefficient (Wildman–Crippen LogP) is -1.34. The highest BCUT2D eigenvalue weighted by Crippen LogP contribution is 2.12. The molecule has 0 radical (unpaired) electrons. The number of nitrogens with zero attached hydrogens (tertiary/aromatic N) is 1. The van der Waals surface area contributed by atoms with Crippen LogP contribution in [0.5, 0.6) is 0 Å². The van der Waals surface area contributed by atoms with Gasteiger partial charge >= 0.3 is 0 Å². The lowest BCUT2D eigenvalue weighted by Gasteiger charge is -2.37. The molecule has 0 aliphatic carbocycles. The van der Waals surface area contributed by atoms with Crippen molar-refractivity contribution in [1.82, 2.24) is 10.2 Å². The molecule has 64 valence electrons. The Bertz CT molecular complexity index is 143. The van der Waals surface area contributed by atoms with Crippen LogP contribution in [-0.2, 0) is 4.79 Å². The fourth-order valence-corrected chi connectivity index (χ4v) is 1.20. The van der Waals surface area contributed by atoms with Crippen LogP contribution in [0.3, 0.4) is 0 Å². The number of aliphatic hydroxyl groups is 1. The molecular formula is C7H14N2O2. The molecular weight excluding hydrogens is 144 g/mol. The zero-order chi connectivity index (χ0) is 8.27. The van der Waals surface area contributed by atoms with Crippen LogP contribution in [0.2, 0.25) is 0 Å². The Hall–Kier alpha value is -0.610. The number of likely N-dealkylation sites (tertiary alicyclic amines) is 1. The van der Waals surface area contributed by atoms with Crippen LogP contribution in [0, 0.1) is 5.92 Å². The molecule has 1 saturated heterocycles. The van der Waals surface area contributed by atoms with E-state index < -0.39 is 0 Å². The van der Waals surface area contributed by atoms with Gasteiger partial charge in [0.15, 0.2) is 0 Å². The monoisotopic (exact) mass is 158 g/mol. The number of aliphatic hydroxyl groups excluding tert-OH is 1. The molecule has 1 aliphatic heterocycles. The van der Waals surface area contributed by atoms with Gasteiger partial charge in [0.05, 0.1) is 6.54 Å². The van der Waals surface area contributed by atoms with E-state index in [9.17, 15) is 4.79 Å². The molecule has 4 heteroatoms. The van der Waals surface area contributed by atoms with Crippen LogP contribution in [0.25, 0.3) is 0 Å². The van der Waals surface area contributed by atoms with Gasteiger partial charge in [0.2, 0.25) is 5.91 Å². The molecule has 1 aliphatic rings. The highest BCUT2D eigenvalue weighted by Gasteiger charge is 2.26. The molecule has 1 rings (SSSR count). The van der Waals surface area contributed by atoms with Gasteiger partial charge in [0, 0.05) is 32.7 Å². The summed E-state index contributed by atoms with van der Waals surface area (Å²) < 4.78 is 0. The Morgan fingerprint density at radius 3 is 2.82 bits per heavy atom. The summed E-state index contributed by atoms with van der Waals surface area (Å²) in [7, 11) is 1.63. The first-order valence-corrected chi connectivity index (χ1v) is 3.80. The molecule has 4 nitrogen and oxygen atoms in total. The van der Waals surface area contributed by atoms with Gasteiger partial charge in [-0.15, -0.1) is 0 Å². The molecule has 1 fully saturated rings. The number of rotatable bonds is 3. The first-order chi connectivity index (χ1) is 5.26. The first-order valence-electron chi connectivity index (χ1n) is 3.80. The molecule has 0 saturated carbocycles. The molecule has 0 aromatic heterocycles. The zero-order valence-corrected chi connectivity index (χ0v) is 6.71. The van der Waals surface area contributed by atoms with Crippen molar-refractivity contribution < 1.29 is 9.90 Å². The van der Waals surface area contributed by atoms with Crippen molar-refractivity contribution in [3.05, 3.63) is 0 Å². The van der Waals surface area contributed by atoms with Crippen LogP contribution in [0.1, 0.15) is 0 Å². The molecule has 0 atom stereocenters. The summed E-state index contributed by atoms with van der Waals surface area (Å²) >= 11 is 0. The lowest BCUT2D eigenvalue weighted by atomic mass is 10.0. The second-order valence-corrected chi connectivity index (χ2v) is 2.92. The van der Waals surface area contributed by atoms with Gasteiger partial charge in [0.25, 0.3) is 0 Å². The van der Waals surface area contributed by atoms with Crippen molar-refractivity contribution in [3.63, 3.8) is 0 Å². The number of hydrogen-bond donors (Lipinski definition) is 2. The fourth-order valence-electron chi connectivity index (χ4n) is 1.20. The largest absolute Gasteiger partial charge is 0.396 e. The lowest BCUT2D eigenvalue weighted by Crippen LogP contribution is -2.51. The van der Waals surface area contributed by atoms with Crippen molar-refractivity contribution >= 4 is 5.91 Å². The number of amides is 1. The fraction of sp³-hybridized carbons (Fsp3) is 0.857. The van der Waals surface area contributed by atoms with Crippen LogP contribution in [0.15, 0.2) is 0 Å². The molecule has 0 aromatic carbocycles. The molecule has 1 heterocycles. The third-order valence-corrected chi connectivity index (χ3v) is 1.94. The Morgan fingerprint density at radius 1 is 1.73 bits per heavy atom. The number of nitrogens with one attached hydrogen (secondary N) is 1. The van der Waals surface area contributed by atoms with E-state index in [1.54, 1.807) is 7.05 Å². The normalized spacial score (nSPS) is 19.5. The number of likely N-dealkylation sites (N-methyl/N-ethyl adjacent to an activating group) is 1. The average Bonchev–Trinajstić information content (AvgIpc) is 1.95. The van der Waals surface area contributed by atoms with Crippen LogP contribution in [0.4, 0.5) is 0 Å². The van der Waals surface area contributed by atoms with Gasteiger partial charge in [-0.2, -0.15) is 0 Å². The SMILES string of the molecule is CNC(=O)CN1CC(CO)C1. The van der Waals surface area contributed by atoms with Gasteiger partial charge in [-0.1, -0.05) is 0 Å². The maximum absolute atomic E-state index is 10.8. The molecule has 0 aromatic rings. The molecule has 0 bridgehead atoms. The summed E-state index contributed by atoms with van der Waals surface area (Å²) in [5.41, 5.74) is 0. The van der Waals surface area contributed by atoms with E-state index in [4.69, 9.17) is 5.11 Å². The minimum Gasteiger partial charge on any atom is -0.396 e. The van der Waals surface area contributed by atoms with E-state index in [-0.39, 0.29) is 12.5 Å². The minimum atomic E-state index is 0.0430. The molecule has 2 N–H and O–H groups in total. The summed E-state index contributed by atoms with van der Waals surface area (Å²) in [5, 5.41) is 11.2. The van der Waals surface area contributed by atoms with E-state index in [0.717, 1.165) is 13.1 Å². The smallest absolute Gasteiger partial charge is 0.233 e. The van der Waals surface area contributed by atoms with Crippen molar-refractivity contribution in [2.75, 3.05) is 33.3 Å². The standard InChI is InChI=1S/C7H14N2O2/c1-8-7(11)4-9-2-6(3-9)5-10/h6,10H,2-5H2,1H3,(H,8,11). The maximum Gasteiger partial charge on any atom is 0.233 e. The van der Waals surface area contributed by atoms with Gasteiger partial charge in [-0.05, 0) is 0 Å². The van der Waals surface area contributed by atoms with Crippen molar-refractivity contribution in [3.8, 4) is 0 Å². The van der Waals surface area contributed by atoms with Gasteiger partial charge in [-0.25, -0.2) is 0 Å². The lowest BCUT2D eigenvalue weighted by molar-refractivity contribution is -0.123. The second-order valence-electron chi connectivity index (χ2n) is 2.92. The number of hydrogen-bond acceptors (Lipinski definition) is 3. The Morgan fingerprint density at radius 2 is 2.36 bits per heavy atom. The summed E-state index contributed by atoms with van der Waals surface area (Å²) in [5.74, 6) is 0.432.